The van der Waals surface area contributed by atoms with Crippen molar-refractivity contribution in [3.63, 3.8) is 0 Å². The van der Waals surface area contributed by atoms with E-state index in [9.17, 15) is 28.8 Å². The first-order valence-corrected chi connectivity index (χ1v) is 9.59. The minimum absolute atomic E-state index is 0. The molecule has 0 atom stereocenters. The van der Waals surface area contributed by atoms with Gasteiger partial charge in [0.1, 0.15) is 22.4 Å². The molecular formula is C22H36O8Ti. The topological polar surface area (TPSA) is 143 Å². The summed E-state index contributed by atoms with van der Waals surface area (Å²) in [6, 6.07) is 0. The molecule has 0 aliphatic carbocycles. The van der Waals surface area contributed by atoms with Crippen LogP contribution in [0.2, 0.25) is 0 Å². The summed E-state index contributed by atoms with van der Waals surface area (Å²) in [5.41, 5.74) is -4.18. The van der Waals surface area contributed by atoms with E-state index in [1.54, 1.807) is 41.5 Å². The van der Waals surface area contributed by atoms with Crippen molar-refractivity contribution < 1.29 is 60.7 Å². The minimum atomic E-state index is -1.49. The Labute approximate surface area is 199 Å². The van der Waals surface area contributed by atoms with Crippen LogP contribution in [0.1, 0.15) is 82.1 Å². The number of carboxylic acid groups (broad SMARTS) is 2. The van der Waals surface area contributed by atoms with E-state index >= 15 is 0 Å². The number of hydrogen-bond acceptors (Lipinski definition) is 6. The molecule has 0 saturated heterocycles. The van der Waals surface area contributed by atoms with Gasteiger partial charge >= 0.3 is 11.9 Å². The van der Waals surface area contributed by atoms with Gasteiger partial charge in [-0.25, -0.2) is 0 Å². The van der Waals surface area contributed by atoms with Crippen molar-refractivity contribution in [1.29, 1.82) is 0 Å². The van der Waals surface area contributed by atoms with Crippen LogP contribution in [-0.2, 0) is 50.5 Å². The van der Waals surface area contributed by atoms with Crippen molar-refractivity contribution in [2.45, 2.75) is 82.1 Å². The Hall–Kier alpha value is -1.67. The SMILES string of the molecule is CC(C)(C)C(=O)CC(=O)C(C)(C)C(=O)O.CC(C)(C)C(=O)CC(=O)C(C)(C)C(=O)O.[Ti]. The minimum Gasteiger partial charge on any atom is -0.481 e. The van der Waals surface area contributed by atoms with E-state index in [1.165, 1.54) is 27.7 Å². The molecule has 0 rings (SSSR count). The van der Waals surface area contributed by atoms with Crippen LogP contribution in [0.3, 0.4) is 0 Å². The summed E-state index contributed by atoms with van der Waals surface area (Å²) in [6.07, 6.45) is -0.633. The Morgan fingerprint density at radius 3 is 0.806 bits per heavy atom. The maximum Gasteiger partial charge on any atom is 0.316 e. The zero-order valence-electron chi connectivity index (χ0n) is 20.3. The second kappa shape index (κ2) is 11.8. The Morgan fingerprint density at radius 1 is 0.484 bits per heavy atom. The molecule has 0 fully saturated rings. The molecule has 0 aliphatic rings. The van der Waals surface area contributed by atoms with Crippen molar-refractivity contribution >= 4 is 35.1 Å². The predicted molar refractivity (Wildman–Crippen MR) is 111 cm³/mol. The second-order valence-corrected chi connectivity index (χ2v) is 10.4. The molecule has 0 radical (unpaired) electrons. The summed E-state index contributed by atoms with van der Waals surface area (Å²) < 4.78 is 0. The van der Waals surface area contributed by atoms with E-state index in [2.05, 4.69) is 0 Å². The predicted octanol–water partition coefficient (Wildman–Crippen LogP) is 3.34. The third kappa shape index (κ3) is 11.0. The van der Waals surface area contributed by atoms with Crippen LogP contribution in [0.25, 0.3) is 0 Å². The van der Waals surface area contributed by atoms with Crippen molar-refractivity contribution in [2.75, 3.05) is 0 Å². The molecular weight excluding hydrogens is 440 g/mol. The van der Waals surface area contributed by atoms with E-state index in [0.717, 1.165) is 0 Å². The Balaban J connectivity index is -0.000000490. The number of rotatable bonds is 8. The van der Waals surface area contributed by atoms with E-state index in [1.807, 2.05) is 0 Å². The molecule has 0 unspecified atom stereocenters. The van der Waals surface area contributed by atoms with Gasteiger partial charge in [0.05, 0.1) is 12.8 Å². The summed E-state index contributed by atoms with van der Waals surface area (Å²) in [4.78, 5) is 67.7. The molecule has 0 aliphatic heterocycles. The molecule has 0 aromatic carbocycles. The fourth-order valence-corrected chi connectivity index (χ4v) is 1.50. The summed E-state index contributed by atoms with van der Waals surface area (Å²) >= 11 is 0. The monoisotopic (exact) mass is 476 g/mol. The van der Waals surface area contributed by atoms with Gasteiger partial charge in [-0.2, -0.15) is 0 Å². The van der Waals surface area contributed by atoms with E-state index < -0.39 is 45.2 Å². The average Bonchev–Trinajstić information content (AvgIpc) is 2.52. The number of ketones is 4. The van der Waals surface area contributed by atoms with Crippen LogP contribution < -0.4 is 0 Å². The first-order valence-electron chi connectivity index (χ1n) is 9.59. The number of carboxylic acids is 2. The fraction of sp³-hybridized carbons (Fsp3) is 0.727. The number of carbonyl (C=O) groups is 6. The van der Waals surface area contributed by atoms with Crippen LogP contribution in [-0.4, -0.2) is 45.3 Å². The Bertz CT molecular complexity index is 657. The first kappa shape index (κ1) is 34.0. The summed E-state index contributed by atoms with van der Waals surface area (Å²) in [5, 5.41) is 17.6. The molecule has 0 saturated carbocycles. The molecule has 0 aromatic heterocycles. The largest absolute Gasteiger partial charge is 0.481 e. The quantitative estimate of drug-likeness (QED) is 0.401. The maximum atomic E-state index is 11.6. The number of carbonyl (C=O) groups excluding carboxylic acids is 4. The van der Waals surface area contributed by atoms with E-state index in [0.29, 0.717) is 0 Å². The third-order valence-electron chi connectivity index (χ3n) is 4.78. The van der Waals surface area contributed by atoms with Gasteiger partial charge in [0.15, 0.2) is 11.6 Å². The van der Waals surface area contributed by atoms with E-state index in [4.69, 9.17) is 10.2 Å². The van der Waals surface area contributed by atoms with Gasteiger partial charge in [-0.15, -0.1) is 0 Å². The van der Waals surface area contributed by atoms with Crippen molar-refractivity contribution in [3.05, 3.63) is 0 Å². The number of Topliss-reactive ketones (excluding diaryl/α,β-unsaturated/α-hetero) is 4. The van der Waals surface area contributed by atoms with Crippen LogP contribution in [0.5, 0.6) is 0 Å². The van der Waals surface area contributed by atoms with Crippen LogP contribution >= 0.6 is 0 Å². The third-order valence-corrected chi connectivity index (χ3v) is 4.78. The molecule has 9 heteroatoms. The average molecular weight is 476 g/mol. The summed E-state index contributed by atoms with van der Waals surface area (Å²) in [6.45, 7) is 15.5. The van der Waals surface area contributed by atoms with Crippen molar-refractivity contribution in [3.8, 4) is 0 Å². The molecule has 0 bridgehead atoms. The molecule has 2 N–H and O–H groups in total. The van der Waals surface area contributed by atoms with Gasteiger partial charge in [0.25, 0.3) is 0 Å². The van der Waals surface area contributed by atoms with Crippen LogP contribution in [0, 0.1) is 21.7 Å². The van der Waals surface area contributed by atoms with Crippen LogP contribution in [0.15, 0.2) is 0 Å². The van der Waals surface area contributed by atoms with E-state index in [-0.39, 0.29) is 46.1 Å². The molecule has 31 heavy (non-hydrogen) atoms. The normalized spacial score (nSPS) is 11.9. The zero-order chi connectivity index (χ0) is 24.9. The zero-order valence-corrected chi connectivity index (χ0v) is 21.8. The van der Waals surface area contributed by atoms with Gasteiger partial charge in [0, 0.05) is 32.5 Å². The van der Waals surface area contributed by atoms with Gasteiger partial charge in [0.2, 0.25) is 0 Å². The standard InChI is InChI=1S/2C11H18O4.Ti/c2*1-10(2,3)7(12)6-8(13)11(4,5)9(14)15;/h2*6H2,1-5H3,(H,14,15);. The molecule has 0 aromatic rings. The van der Waals surface area contributed by atoms with Gasteiger partial charge in [-0.1, -0.05) is 41.5 Å². The molecule has 0 amide bonds. The molecule has 176 valence electrons. The fourth-order valence-electron chi connectivity index (χ4n) is 1.50. The second-order valence-electron chi connectivity index (χ2n) is 10.4. The number of hydrogen-bond donors (Lipinski definition) is 2. The molecule has 0 heterocycles. The smallest absolute Gasteiger partial charge is 0.316 e. The van der Waals surface area contributed by atoms with Gasteiger partial charge in [-0.05, 0) is 27.7 Å². The van der Waals surface area contributed by atoms with Crippen molar-refractivity contribution in [1.82, 2.24) is 0 Å². The maximum absolute atomic E-state index is 11.6. The molecule has 8 nitrogen and oxygen atoms in total. The van der Waals surface area contributed by atoms with Crippen LogP contribution in [0.4, 0.5) is 0 Å². The first-order chi connectivity index (χ1) is 13.0. The summed E-state index contributed by atoms with van der Waals surface area (Å²) in [7, 11) is 0. The Kier molecular flexibility index (Phi) is 12.9. The van der Waals surface area contributed by atoms with Gasteiger partial charge in [-0.3, -0.25) is 28.8 Å². The van der Waals surface area contributed by atoms with Crippen molar-refractivity contribution in [2.24, 2.45) is 21.7 Å². The van der Waals surface area contributed by atoms with Gasteiger partial charge < -0.3 is 10.2 Å². The molecule has 0 spiro atoms. The number of aliphatic carboxylic acids is 2. The summed E-state index contributed by atoms with van der Waals surface area (Å²) in [5.74, 6) is -3.96. The Morgan fingerprint density at radius 2 is 0.677 bits per heavy atom.